The summed E-state index contributed by atoms with van der Waals surface area (Å²) in [4.78, 5) is 21.6. The molecule has 1 unspecified atom stereocenters. The summed E-state index contributed by atoms with van der Waals surface area (Å²) in [5.41, 5.74) is 8.32. The molecule has 41 heavy (non-hydrogen) atoms. The molecule has 0 radical (unpaired) electrons. The summed E-state index contributed by atoms with van der Waals surface area (Å²) in [6.45, 7) is 12.2. The van der Waals surface area contributed by atoms with Crippen LogP contribution in [0.4, 0.5) is 5.95 Å². The molecule has 3 aromatic carbocycles. The first kappa shape index (κ1) is 28.6. The summed E-state index contributed by atoms with van der Waals surface area (Å²) >= 11 is 1.26. The Labute approximate surface area is 245 Å². The van der Waals surface area contributed by atoms with E-state index in [0.29, 0.717) is 18.4 Å². The lowest BCUT2D eigenvalue weighted by molar-refractivity contribution is 0.0696. The van der Waals surface area contributed by atoms with Gasteiger partial charge in [-0.2, -0.15) is 4.98 Å². The zero-order valence-electron chi connectivity index (χ0n) is 24.1. The number of anilines is 1. The Kier molecular flexibility index (Phi) is 8.33. The lowest BCUT2D eigenvalue weighted by atomic mass is 9.83. The molecule has 0 fully saturated rings. The smallest absolute Gasteiger partial charge is 0.335 e. The SMILES string of the molecule is Cc1cccc(C)c1-c1cc(OCC2NCCc3cc(C(C)(C)C)ccc32)nc(NSc2cccc(C(=O)O)c2)n1. The van der Waals surface area contributed by atoms with Gasteiger partial charge in [-0.05, 0) is 90.2 Å². The van der Waals surface area contributed by atoms with Crippen molar-refractivity contribution < 1.29 is 14.6 Å². The molecule has 0 aliphatic carbocycles. The molecule has 0 spiro atoms. The number of nitrogens with one attached hydrogen (secondary N) is 2. The van der Waals surface area contributed by atoms with Crippen molar-refractivity contribution in [3.8, 4) is 17.1 Å². The zero-order valence-corrected chi connectivity index (χ0v) is 24.9. The molecule has 0 bridgehead atoms. The maximum Gasteiger partial charge on any atom is 0.335 e. The minimum absolute atomic E-state index is 0.0518. The van der Waals surface area contributed by atoms with Crippen molar-refractivity contribution in [1.82, 2.24) is 15.3 Å². The summed E-state index contributed by atoms with van der Waals surface area (Å²) in [5, 5.41) is 13.0. The van der Waals surface area contributed by atoms with Gasteiger partial charge in [-0.1, -0.05) is 63.2 Å². The number of carboxylic acid groups (broad SMARTS) is 1. The molecule has 1 aliphatic heterocycles. The van der Waals surface area contributed by atoms with E-state index in [2.05, 4.69) is 80.0 Å². The van der Waals surface area contributed by atoms with Crippen molar-refractivity contribution in [1.29, 1.82) is 0 Å². The summed E-state index contributed by atoms with van der Waals surface area (Å²) in [6, 6.07) is 21.6. The third-order valence-electron chi connectivity index (χ3n) is 7.35. The Balaban J connectivity index is 1.41. The van der Waals surface area contributed by atoms with Crippen molar-refractivity contribution in [2.24, 2.45) is 0 Å². The van der Waals surface area contributed by atoms with Gasteiger partial charge >= 0.3 is 5.97 Å². The highest BCUT2D eigenvalue weighted by molar-refractivity contribution is 8.00. The Hall–Kier alpha value is -3.88. The molecule has 3 N–H and O–H groups in total. The van der Waals surface area contributed by atoms with E-state index in [-0.39, 0.29) is 17.0 Å². The van der Waals surface area contributed by atoms with E-state index in [1.807, 2.05) is 18.2 Å². The molecule has 0 saturated carbocycles. The standard InChI is InChI=1S/C33H36N4O3S/c1-20-8-6-9-21(2)30(20)27-18-29(36-32(35-27)37-41-25-11-7-10-23(17-25)31(38)39)40-19-28-26-13-12-24(33(3,4)5)16-22(26)14-15-34-28/h6-13,16-18,28,34H,14-15,19H2,1-5H3,(H,38,39)(H,35,36,37). The molecule has 2 heterocycles. The van der Waals surface area contributed by atoms with Gasteiger partial charge in [0, 0.05) is 16.5 Å². The van der Waals surface area contributed by atoms with E-state index in [9.17, 15) is 9.90 Å². The van der Waals surface area contributed by atoms with Gasteiger partial charge in [-0.15, -0.1) is 0 Å². The Morgan fingerprint density at radius 2 is 1.80 bits per heavy atom. The van der Waals surface area contributed by atoms with Crippen LogP contribution in [0.5, 0.6) is 5.88 Å². The van der Waals surface area contributed by atoms with Crippen LogP contribution in [0.2, 0.25) is 0 Å². The van der Waals surface area contributed by atoms with E-state index < -0.39 is 5.97 Å². The number of aromatic carboxylic acids is 1. The summed E-state index contributed by atoms with van der Waals surface area (Å²) in [5.74, 6) is -0.109. The fraction of sp³-hybridized carbons (Fsp3) is 0.303. The summed E-state index contributed by atoms with van der Waals surface area (Å²) < 4.78 is 9.54. The molecular weight excluding hydrogens is 532 g/mol. The van der Waals surface area contributed by atoms with Crippen LogP contribution < -0.4 is 14.8 Å². The van der Waals surface area contributed by atoms with Gasteiger partial charge in [0.2, 0.25) is 11.8 Å². The number of carbonyl (C=O) groups is 1. The quantitative estimate of drug-likeness (QED) is 0.193. The van der Waals surface area contributed by atoms with E-state index in [0.717, 1.165) is 40.2 Å². The molecule has 7 nitrogen and oxygen atoms in total. The Morgan fingerprint density at radius 1 is 1.05 bits per heavy atom. The van der Waals surface area contributed by atoms with E-state index in [1.54, 1.807) is 18.2 Å². The van der Waals surface area contributed by atoms with Gasteiger partial charge in [0.15, 0.2) is 0 Å². The first-order valence-electron chi connectivity index (χ1n) is 13.8. The fourth-order valence-electron chi connectivity index (χ4n) is 5.13. The van der Waals surface area contributed by atoms with Crippen molar-refractivity contribution in [3.05, 3.63) is 100 Å². The first-order valence-corrected chi connectivity index (χ1v) is 14.6. The van der Waals surface area contributed by atoms with Crippen molar-refractivity contribution >= 4 is 23.9 Å². The van der Waals surface area contributed by atoms with Gasteiger partial charge in [0.1, 0.15) is 6.61 Å². The Morgan fingerprint density at radius 3 is 2.54 bits per heavy atom. The second-order valence-electron chi connectivity index (χ2n) is 11.5. The molecule has 5 rings (SSSR count). The molecule has 1 atom stereocenters. The lowest BCUT2D eigenvalue weighted by Gasteiger charge is -2.29. The second-order valence-corrected chi connectivity index (χ2v) is 12.3. The number of aryl methyl sites for hydroxylation is 2. The normalized spacial score (nSPS) is 14.8. The van der Waals surface area contributed by atoms with Crippen LogP contribution in [0.25, 0.3) is 11.3 Å². The largest absolute Gasteiger partial charge is 0.478 e. The third-order valence-corrected chi connectivity index (χ3v) is 8.12. The van der Waals surface area contributed by atoms with E-state index >= 15 is 0 Å². The summed E-state index contributed by atoms with van der Waals surface area (Å²) in [6.07, 6.45) is 0.994. The maximum atomic E-state index is 11.4. The molecular formula is C33H36N4O3S. The van der Waals surface area contributed by atoms with Crippen molar-refractivity contribution in [3.63, 3.8) is 0 Å². The minimum atomic E-state index is -0.969. The van der Waals surface area contributed by atoms with Crippen LogP contribution in [0.15, 0.2) is 71.6 Å². The summed E-state index contributed by atoms with van der Waals surface area (Å²) in [7, 11) is 0. The first-order chi connectivity index (χ1) is 19.6. The maximum absolute atomic E-state index is 11.4. The van der Waals surface area contributed by atoms with Gasteiger partial charge in [-0.3, -0.25) is 4.72 Å². The Bertz CT molecular complexity index is 1560. The van der Waals surface area contributed by atoms with Crippen LogP contribution in [0, 0.1) is 13.8 Å². The number of ether oxygens (including phenoxy) is 1. The highest BCUT2D eigenvalue weighted by atomic mass is 32.2. The van der Waals surface area contributed by atoms with Gasteiger partial charge in [0.25, 0.3) is 0 Å². The highest BCUT2D eigenvalue weighted by Crippen LogP contribution is 2.32. The highest BCUT2D eigenvalue weighted by Gasteiger charge is 2.23. The molecule has 8 heteroatoms. The molecule has 0 saturated heterocycles. The molecule has 4 aromatic rings. The van der Waals surface area contributed by atoms with Gasteiger partial charge < -0.3 is 15.2 Å². The molecule has 212 valence electrons. The van der Waals surface area contributed by atoms with Crippen molar-refractivity contribution in [2.75, 3.05) is 17.9 Å². The van der Waals surface area contributed by atoms with Crippen LogP contribution >= 0.6 is 11.9 Å². The van der Waals surface area contributed by atoms with Crippen LogP contribution in [0.3, 0.4) is 0 Å². The number of aromatic nitrogens is 2. The minimum Gasteiger partial charge on any atom is -0.478 e. The fourth-order valence-corrected chi connectivity index (χ4v) is 5.76. The number of rotatable bonds is 8. The predicted octanol–water partition coefficient (Wildman–Crippen LogP) is 7.14. The molecule has 1 aliphatic rings. The van der Waals surface area contributed by atoms with Crippen LogP contribution in [-0.2, 0) is 11.8 Å². The van der Waals surface area contributed by atoms with Gasteiger partial charge in [0.05, 0.1) is 17.3 Å². The number of nitrogens with zero attached hydrogens (tertiary/aromatic N) is 2. The number of carboxylic acids is 1. The average Bonchev–Trinajstić information content (AvgIpc) is 2.94. The topological polar surface area (TPSA) is 96.4 Å². The monoisotopic (exact) mass is 568 g/mol. The molecule has 1 aromatic heterocycles. The predicted molar refractivity (Wildman–Crippen MR) is 165 cm³/mol. The van der Waals surface area contributed by atoms with E-state index in [4.69, 9.17) is 9.72 Å². The zero-order chi connectivity index (χ0) is 29.1. The van der Waals surface area contributed by atoms with Crippen LogP contribution in [0.1, 0.15) is 65.0 Å². The number of hydrogen-bond acceptors (Lipinski definition) is 7. The third kappa shape index (κ3) is 6.72. The second kappa shape index (κ2) is 11.9. The number of fused-ring (bicyclic) bond motifs is 1. The number of benzene rings is 3. The van der Waals surface area contributed by atoms with Gasteiger partial charge in [-0.25, -0.2) is 9.78 Å². The van der Waals surface area contributed by atoms with Crippen molar-refractivity contribution in [2.45, 2.75) is 57.4 Å². The lowest BCUT2D eigenvalue weighted by Crippen LogP contribution is -2.34. The number of hydrogen-bond donors (Lipinski definition) is 3. The van der Waals surface area contributed by atoms with E-state index in [1.165, 1.54) is 28.6 Å². The average molecular weight is 569 g/mol. The molecule has 0 amide bonds. The van der Waals surface area contributed by atoms with Crippen LogP contribution in [-0.4, -0.2) is 34.2 Å².